The van der Waals surface area contributed by atoms with Gasteiger partial charge in [0, 0.05) is 30.7 Å². The van der Waals surface area contributed by atoms with Crippen molar-refractivity contribution < 1.29 is 9.13 Å². The van der Waals surface area contributed by atoms with Crippen LogP contribution in [0.4, 0.5) is 15.8 Å². The zero-order chi connectivity index (χ0) is 17.0. The summed E-state index contributed by atoms with van der Waals surface area (Å²) in [4.78, 5) is 0. The molecule has 0 aromatic heterocycles. The summed E-state index contributed by atoms with van der Waals surface area (Å²) in [6, 6.07) is 2.83. The van der Waals surface area contributed by atoms with Gasteiger partial charge in [0.15, 0.2) is 0 Å². The number of rotatable bonds is 6. The summed E-state index contributed by atoms with van der Waals surface area (Å²) in [5.41, 5.74) is 9.80. The molecule has 6 heteroatoms. The van der Waals surface area contributed by atoms with E-state index in [1.807, 2.05) is 14.0 Å². The Morgan fingerprint density at radius 2 is 2.13 bits per heavy atom. The van der Waals surface area contributed by atoms with Crippen LogP contribution in [-0.2, 0) is 10.3 Å². The largest absolute Gasteiger partial charge is 0.397 e. The minimum absolute atomic E-state index is 0.228. The summed E-state index contributed by atoms with van der Waals surface area (Å²) in [6.45, 7) is 5.48. The van der Waals surface area contributed by atoms with Crippen LogP contribution < -0.4 is 22.3 Å². The molecular weight excluding hydrogens is 295 g/mol. The number of hydrogen-bond donors (Lipinski definition) is 4. The van der Waals surface area contributed by atoms with Gasteiger partial charge in [-0.3, -0.25) is 5.84 Å². The lowest BCUT2D eigenvalue weighted by molar-refractivity contribution is -0.143. The van der Waals surface area contributed by atoms with Gasteiger partial charge in [0.05, 0.1) is 11.4 Å². The minimum atomic E-state index is -0.603. The average molecular weight is 324 g/mol. The van der Waals surface area contributed by atoms with E-state index in [1.54, 1.807) is 0 Å². The van der Waals surface area contributed by atoms with Crippen molar-refractivity contribution in [2.45, 2.75) is 38.7 Å². The highest BCUT2D eigenvalue weighted by molar-refractivity contribution is 5.71. The molecule has 1 aliphatic rings. The van der Waals surface area contributed by atoms with E-state index in [4.69, 9.17) is 16.3 Å². The van der Waals surface area contributed by atoms with Crippen LogP contribution in [0.2, 0.25) is 0 Å². The molecule has 130 valence electrons. The zero-order valence-corrected chi connectivity index (χ0v) is 14.3. The van der Waals surface area contributed by atoms with Crippen LogP contribution in [0.5, 0.6) is 0 Å². The van der Waals surface area contributed by atoms with E-state index < -0.39 is 5.60 Å². The third-order valence-corrected chi connectivity index (χ3v) is 5.08. The molecule has 0 saturated heterocycles. The van der Waals surface area contributed by atoms with Crippen molar-refractivity contribution in [2.75, 3.05) is 31.4 Å². The molecule has 1 aliphatic carbocycles. The second-order valence-electron chi connectivity index (χ2n) is 6.37. The van der Waals surface area contributed by atoms with Crippen molar-refractivity contribution in [1.29, 1.82) is 0 Å². The Balaban J connectivity index is 2.65. The molecule has 5 nitrogen and oxygen atoms in total. The fourth-order valence-corrected chi connectivity index (χ4v) is 4.12. The van der Waals surface area contributed by atoms with Gasteiger partial charge in [-0.25, -0.2) is 4.39 Å². The first-order valence-electron chi connectivity index (χ1n) is 8.35. The molecule has 1 aromatic rings. The van der Waals surface area contributed by atoms with Crippen molar-refractivity contribution in [3.63, 3.8) is 0 Å². The average Bonchev–Trinajstić information content (AvgIpc) is 2.53. The highest BCUT2D eigenvalue weighted by Gasteiger charge is 2.49. The molecule has 23 heavy (non-hydrogen) atoms. The number of halogens is 1. The summed E-state index contributed by atoms with van der Waals surface area (Å²) in [5, 5.41) is 3.25. The van der Waals surface area contributed by atoms with Crippen molar-refractivity contribution in [3.05, 3.63) is 23.5 Å². The molecule has 0 amide bonds. The maximum absolute atomic E-state index is 14.2. The summed E-state index contributed by atoms with van der Waals surface area (Å²) in [7, 11) is 1.93. The summed E-state index contributed by atoms with van der Waals surface area (Å²) < 4.78 is 20.5. The van der Waals surface area contributed by atoms with E-state index >= 15 is 0 Å². The minimum Gasteiger partial charge on any atom is -0.397 e. The van der Waals surface area contributed by atoms with E-state index in [0.29, 0.717) is 23.5 Å². The summed E-state index contributed by atoms with van der Waals surface area (Å²) >= 11 is 0. The number of ether oxygens (including phenoxy) is 1. The lowest BCUT2D eigenvalue weighted by Gasteiger charge is -2.49. The number of anilines is 2. The van der Waals surface area contributed by atoms with Gasteiger partial charge in [-0.1, -0.05) is 13.3 Å². The topological polar surface area (TPSA) is 85.3 Å². The lowest BCUT2D eigenvalue weighted by Crippen LogP contribution is -2.50. The quantitative estimate of drug-likeness (QED) is 0.367. The number of nitrogens with one attached hydrogen (secondary N) is 2. The van der Waals surface area contributed by atoms with Crippen molar-refractivity contribution >= 4 is 11.4 Å². The molecule has 0 bridgehead atoms. The van der Waals surface area contributed by atoms with E-state index in [9.17, 15) is 4.39 Å². The number of hydrazine groups is 1. The van der Waals surface area contributed by atoms with Crippen molar-refractivity contribution in [3.8, 4) is 0 Å². The Bertz CT molecular complexity index is 538. The van der Waals surface area contributed by atoms with Crippen LogP contribution in [-0.4, -0.2) is 20.2 Å². The Kier molecular flexibility index (Phi) is 5.84. The molecule has 1 fully saturated rings. The van der Waals surface area contributed by atoms with Gasteiger partial charge < -0.3 is 21.2 Å². The first kappa shape index (κ1) is 18.0. The lowest BCUT2D eigenvalue weighted by atomic mass is 9.65. The summed E-state index contributed by atoms with van der Waals surface area (Å²) in [6.07, 6.45) is 3.19. The highest BCUT2D eigenvalue weighted by Crippen LogP contribution is 2.51. The van der Waals surface area contributed by atoms with Gasteiger partial charge >= 0.3 is 0 Å². The van der Waals surface area contributed by atoms with Crippen LogP contribution in [0.15, 0.2) is 12.1 Å². The molecular formula is C17H29FN4O. The molecule has 0 aliphatic heterocycles. The normalized spacial score (nSPS) is 27.9. The van der Waals surface area contributed by atoms with E-state index in [0.717, 1.165) is 25.8 Å². The predicted octanol–water partition coefficient (Wildman–Crippen LogP) is 2.58. The van der Waals surface area contributed by atoms with Crippen molar-refractivity contribution in [1.82, 2.24) is 5.32 Å². The first-order chi connectivity index (χ1) is 11.0. The van der Waals surface area contributed by atoms with Gasteiger partial charge in [0.25, 0.3) is 0 Å². The van der Waals surface area contributed by atoms with Gasteiger partial charge in [0.2, 0.25) is 0 Å². The molecule has 0 spiro atoms. The zero-order valence-electron chi connectivity index (χ0n) is 14.3. The second kappa shape index (κ2) is 7.47. The Morgan fingerprint density at radius 3 is 2.74 bits per heavy atom. The molecule has 1 saturated carbocycles. The fourth-order valence-electron chi connectivity index (χ4n) is 4.12. The van der Waals surface area contributed by atoms with E-state index in [2.05, 4.69) is 17.7 Å². The molecule has 0 heterocycles. The molecule has 0 radical (unpaired) electrons. The Hall–Kier alpha value is -1.37. The van der Waals surface area contributed by atoms with Crippen LogP contribution in [0.25, 0.3) is 0 Å². The SMILES string of the molecule is CCOC1(c2cc(F)cc(NN)c2N)C(C)CCCC1CNC. The smallest absolute Gasteiger partial charge is 0.125 e. The van der Waals surface area contributed by atoms with Gasteiger partial charge in [-0.15, -0.1) is 0 Å². The van der Waals surface area contributed by atoms with Crippen LogP contribution in [0, 0.1) is 17.7 Å². The standard InChI is InChI=1S/C17H29FN4O/c1-4-23-17(11(2)6-5-7-12(17)10-21-3)14-8-13(18)9-15(22-20)16(14)19/h8-9,11-12,21-22H,4-7,10,19-20H2,1-3H3. The second-order valence-corrected chi connectivity index (χ2v) is 6.37. The highest BCUT2D eigenvalue weighted by atomic mass is 19.1. The summed E-state index contributed by atoms with van der Waals surface area (Å²) in [5.74, 6) is 5.62. The van der Waals surface area contributed by atoms with Crippen LogP contribution in [0.1, 0.15) is 38.7 Å². The fraction of sp³-hybridized carbons (Fsp3) is 0.647. The molecule has 1 aromatic carbocycles. The number of nitrogen functional groups attached to an aromatic ring is 2. The van der Waals surface area contributed by atoms with Crippen LogP contribution >= 0.6 is 0 Å². The van der Waals surface area contributed by atoms with Crippen molar-refractivity contribution in [2.24, 2.45) is 17.7 Å². The predicted molar refractivity (Wildman–Crippen MR) is 92.4 cm³/mol. The Labute approximate surface area is 137 Å². The number of benzene rings is 1. The van der Waals surface area contributed by atoms with Gasteiger partial charge in [0.1, 0.15) is 11.4 Å². The molecule has 2 rings (SSSR count). The van der Waals surface area contributed by atoms with Crippen LogP contribution in [0.3, 0.4) is 0 Å². The first-order valence-corrected chi connectivity index (χ1v) is 8.35. The molecule has 3 unspecified atom stereocenters. The van der Waals surface area contributed by atoms with E-state index in [-0.39, 0.29) is 17.7 Å². The molecule has 3 atom stereocenters. The maximum Gasteiger partial charge on any atom is 0.125 e. The van der Waals surface area contributed by atoms with Gasteiger partial charge in [-0.05, 0) is 38.8 Å². The third-order valence-electron chi connectivity index (χ3n) is 5.08. The maximum atomic E-state index is 14.2. The van der Waals surface area contributed by atoms with Gasteiger partial charge in [-0.2, -0.15) is 0 Å². The third kappa shape index (κ3) is 3.16. The Morgan fingerprint density at radius 1 is 1.39 bits per heavy atom. The number of nitrogens with two attached hydrogens (primary N) is 2. The number of hydrogen-bond acceptors (Lipinski definition) is 5. The molecule has 6 N–H and O–H groups in total. The van der Waals surface area contributed by atoms with E-state index in [1.165, 1.54) is 12.1 Å². The monoisotopic (exact) mass is 324 g/mol.